The van der Waals surface area contributed by atoms with Crippen LogP contribution in [0.2, 0.25) is 0 Å². The second-order valence-corrected chi connectivity index (χ2v) is 3.97. The van der Waals surface area contributed by atoms with E-state index < -0.39 is 6.17 Å². The molecule has 0 amide bonds. The van der Waals surface area contributed by atoms with Gasteiger partial charge in [-0.05, 0) is 30.5 Å². The van der Waals surface area contributed by atoms with Crippen molar-refractivity contribution in [3.05, 3.63) is 29.8 Å². The molecule has 1 aromatic rings. The molecule has 1 fully saturated rings. The normalized spacial score (nSPS) is 23.7. The zero-order chi connectivity index (χ0) is 10.7. The average molecular weight is 210 g/mol. The van der Waals surface area contributed by atoms with Crippen molar-refractivity contribution in [1.29, 1.82) is 0 Å². The Bertz CT molecular complexity index is 321. The Morgan fingerprint density at radius 2 is 2.33 bits per heavy atom. The van der Waals surface area contributed by atoms with E-state index in [1.165, 1.54) is 6.07 Å². The summed E-state index contributed by atoms with van der Waals surface area (Å²) < 4.78 is 19.3. The predicted octanol–water partition coefficient (Wildman–Crippen LogP) is 2.83. The highest BCUT2D eigenvalue weighted by molar-refractivity contribution is 5.29. The topological polar surface area (TPSA) is 29.5 Å². The molecule has 2 unspecified atom stereocenters. The van der Waals surface area contributed by atoms with Crippen molar-refractivity contribution in [2.24, 2.45) is 5.92 Å². The van der Waals surface area contributed by atoms with E-state index in [2.05, 4.69) is 0 Å². The van der Waals surface area contributed by atoms with Gasteiger partial charge in [0.1, 0.15) is 11.9 Å². The Kier molecular flexibility index (Phi) is 3.21. The van der Waals surface area contributed by atoms with Crippen LogP contribution in [-0.4, -0.2) is 18.3 Å². The summed E-state index contributed by atoms with van der Waals surface area (Å²) in [5.41, 5.74) is 0.547. The highest BCUT2D eigenvalue weighted by Crippen LogP contribution is 2.33. The number of hydrogen-bond acceptors (Lipinski definition) is 2. The van der Waals surface area contributed by atoms with E-state index >= 15 is 0 Å². The molecular formula is C12H15FO2. The lowest BCUT2D eigenvalue weighted by Gasteiger charge is -2.25. The summed E-state index contributed by atoms with van der Waals surface area (Å²) in [6.45, 7) is 1.22. The van der Waals surface area contributed by atoms with Gasteiger partial charge in [0, 0.05) is 12.5 Å². The molecule has 0 aromatic heterocycles. The molecule has 1 aliphatic heterocycles. The Morgan fingerprint density at radius 1 is 1.47 bits per heavy atom. The molecule has 15 heavy (non-hydrogen) atoms. The third-order valence-corrected chi connectivity index (χ3v) is 2.80. The number of alkyl halides is 1. The van der Waals surface area contributed by atoms with Crippen LogP contribution in [0, 0.1) is 5.92 Å². The zero-order valence-electron chi connectivity index (χ0n) is 8.53. The maximum absolute atomic E-state index is 14.0. The predicted molar refractivity (Wildman–Crippen MR) is 55.5 cm³/mol. The van der Waals surface area contributed by atoms with E-state index in [0.717, 1.165) is 19.4 Å². The van der Waals surface area contributed by atoms with E-state index in [1.54, 1.807) is 18.2 Å². The van der Waals surface area contributed by atoms with Crippen LogP contribution in [0.1, 0.15) is 24.6 Å². The summed E-state index contributed by atoms with van der Waals surface area (Å²) in [6, 6.07) is 6.41. The SMILES string of the molecule is Oc1cccc(C(F)C2CCCOC2)c1. The minimum atomic E-state index is -1.03. The lowest BCUT2D eigenvalue weighted by molar-refractivity contribution is 0.0196. The number of ether oxygens (including phenoxy) is 1. The second-order valence-electron chi connectivity index (χ2n) is 3.97. The van der Waals surface area contributed by atoms with E-state index in [1.807, 2.05) is 0 Å². The number of phenols is 1. The minimum Gasteiger partial charge on any atom is -0.508 e. The fourth-order valence-electron chi connectivity index (χ4n) is 1.96. The maximum Gasteiger partial charge on any atom is 0.130 e. The molecule has 0 aliphatic carbocycles. The van der Waals surface area contributed by atoms with Gasteiger partial charge >= 0.3 is 0 Å². The maximum atomic E-state index is 14.0. The van der Waals surface area contributed by atoms with Crippen molar-refractivity contribution in [1.82, 2.24) is 0 Å². The number of benzene rings is 1. The van der Waals surface area contributed by atoms with Crippen molar-refractivity contribution in [2.75, 3.05) is 13.2 Å². The number of rotatable bonds is 2. The van der Waals surface area contributed by atoms with Crippen molar-refractivity contribution in [3.63, 3.8) is 0 Å². The lowest BCUT2D eigenvalue weighted by atomic mass is 9.92. The van der Waals surface area contributed by atoms with Gasteiger partial charge in [0.2, 0.25) is 0 Å². The van der Waals surface area contributed by atoms with Gasteiger partial charge in [-0.15, -0.1) is 0 Å². The molecule has 1 aromatic carbocycles. The molecule has 1 N–H and O–H groups in total. The molecule has 82 valence electrons. The Balaban J connectivity index is 2.08. The molecule has 0 spiro atoms. The van der Waals surface area contributed by atoms with Crippen LogP contribution in [0.15, 0.2) is 24.3 Å². The van der Waals surface area contributed by atoms with E-state index in [-0.39, 0.29) is 11.7 Å². The summed E-state index contributed by atoms with van der Waals surface area (Å²) >= 11 is 0. The minimum absolute atomic E-state index is 0.0689. The number of phenolic OH excluding ortho intramolecular Hbond substituents is 1. The quantitative estimate of drug-likeness (QED) is 0.813. The zero-order valence-corrected chi connectivity index (χ0v) is 8.53. The standard InChI is InChI=1S/C12H15FO2/c13-12(10-4-2-6-15-8-10)9-3-1-5-11(14)7-9/h1,3,5,7,10,12,14H,2,4,6,8H2. The Labute approximate surface area is 88.7 Å². The van der Waals surface area contributed by atoms with Gasteiger partial charge in [-0.1, -0.05) is 12.1 Å². The fourth-order valence-corrected chi connectivity index (χ4v) is 1.96. The Hall–Kier alpha value is -1.09. The van der Waals surface area contributed by atoms with Crippen LogP contribution < -0.4 is 0 Å². The molecule has 2 nitrogen and oxygen atoms in total. The molecule has 2 rings (SSSR count). The van der Waals surface area contributed by atoms with Crippen molar-refractivity contribution in [3.8, 4) is 5.75 Å². The first-order valence-electron chi connectivity index (χ1n) is 5.28. The average Bonchev–Trinajstić information content (AvgIpc) is 2.29. The monoisotopic (exact) mass is 210 g/mol. The van der Waals surface area contributed by atoms with Crippen LogP contribution in [0.3, 0.4) is 0 Å². The molecule has 1 saturated heterocycles. The van der Waals surface area contributed by atoms with Crippen LogP contribution in [0.5, 0.6) is 5.75 Å². The van der Waals surface area contributed by atoms with Crippen LogP contribution in [0.25, 0.3) is 0 Å². The van der Waals surface area contributed by atoms with Crippen LogP contribution in [-0.2, 0) is 4.74 Å². The van der Waals surface area contributed by atoms with Crippen molar-refractivity contribution < 1.29 is 14.2 Å². The van der Waals surface area contributed by atoms with Gasteiger partial charge in [-0.2, -0.15) is 0 Å². The van der Waals surface area contributed by atoms with Crippen LogP contribution in [0.4, 0.5) is 4.39 Å². The number of hydrogen-bond donors (Lipinski definition) is 1. The van der Waals surface area contributed by atoms with Gasteiger partial charge in [-0.25, -0.2) is 4.39 Å². The van der Waals surface area contributed by atoms with Gasteiger partial charge in [-0.3, -0.25) is 0 Å². The highest BCUT2D eigenvalue weighted by atomic mass is 19.1. The Morgan fingerprint density at radius 3 is 3.00 bits per heavy atom. The molecule has 2 atom stereocenters. The van der Waals surface area contributed by atoms with Gasteiger partial charge in [0.25, 0.3) is 0 Å². The third kappa shape index (κ3) is 2.48. The summed E-state index contributed by atoms with van der Waals surface area (Å²) in [6.07, 6.45) is 0.748. The molecule has 0 radical (unpaired) electrons. The first-order chi connectivity index (χ1) is 7.27. The summed E-state index contributed by atoms with van der Waals surface area (Å²) in [5, 5.41) is 9.26. The lowest BCUT2D eigenvalue weighted by Crippen LogP contribution is -2.21. The second kappa shape index (κ2) is 4.62. The van der Waals surface area contributed by atoms with Crippen LogP contribution >= 0.6 is 0 Å². The molecular weight excluding hydrogens is 195 g/mol. The summed E-state index contributed by atoms with van der Waals surface area (Å²) in [4.78, 5) is 0. The van der Waals surface area contributed by atoms with Crippen molar-refractivity contribution >= 4 is 0 Å². The molecule has 1 heterocycles. The van der Waals surface area contributed by atoms with E-state index in [9.17, 15) is 9.50 Å². The van der Waals surface area contributed by atoms with E-state index in [4.69, 9.17) is 4.74 Å². The molecule has 0 bridgehead atoms. The van der Waals surface area contributed by atoms with E-state index in [0.29, 0.717) is 12.2 Å². The third-order valence-electron chi connectivity index (χ3n) is 2.80. The van der Waals surface area contributed by atoms with Gasteiger partial charge in [0.15, 0.2) is 0 Å². The fraction of sp³-hybridized carbons (Fsp3) is 0.500. The van der Waals surface area contributed by atoms with Crippen molar-refractivity contribution in [2.45, 2.75) is 19.0 Å². The van der Waals surface area contributed by atoms with Gasteiger partial charge in [0.05, 0.1) is 6.61 Å². The number of aromatic hydroxyl groups is 1. The molecule has 3 heteroatoms. The largest absolute Gasteiger partial charge is 0.508 e. The molecule has 1 aliphatic rings. The smallest absolute Gasteiger partial charge is 0.130 e. The summed E-state index contributed by atoms with van der Waals surface area (Å²) in [5.74, 6) is 0.0485. The summed E-state index contributed by atoms with van der Waals surface area (Å²) in [7, 11) is 0. The first kappa shape index (κ1) is 10.4. The van der Waals surface area contributed by atoms with Gasteiger partial charge < -0.3 is 9.84 Å². The first-order valence-corrected chi connectivity index (χ1v) is 5.28. The number of halogens is 1. The highest BCUT2D eigenvalue weighted by Gasteiger charge is 2.25. The molecule has 0 saturated carbocycles.